The fourth-order valence-corrected chi connectivity index (χ4v) is 4.64. The number of carboxylic acid groups (broad SMARTS) is 1. The quantitative estimate of drug-likeness (QED) is 0.244. The van der Waals surface area contributed by atoms with Crippen molar-refractivity contribution in [2.24, 2.45) is 5.92 Å². The van der Waals surface area contributed by atoms with Gasteiger partial charge in [0.1, 0.15) is 23.9 Å². The van der Waals surface area contributed by atoms with E-state index >= 15 is 0 Å². The summed E-state index contributed by atoms with van der Waals surface area (Å²) >= 11 is 6.14. The van der Waals surface area contributed by atoms with Gasteiger partial charge in [-0.15, -0.1) is 0 Å². The number of phenols is 1. The van der Waals surface area contributed by atoms with E-state index in [-0.39, 0.29) is 24.7 Å². The van der Waals surface area contributed by atoms with Crippen LogP contribution in [0.15, 0.2) is 72.8 Å². The van der Waals surface area contributed by atoms with Gasteiger partial charge in [-0.1, -0.05) is 48.0 Å². The van der Waals surface area contributed by atoms with Crippen molar-refractivity contribution in [3.63, 3.8) is 0 Å². The number of hydrogen-bond acceptors (Lipinski definition) is 6. The third-order valence-corrected chi connectivity index (χ3v) is 7.06. The summed E-state index contributed by atoms with van der Waals surface area (Å²) in [7, 11) is 1.61. The lowest BCUT2D eigenvalue weighted by Crippen LogP contribution is -2.30. The molecule has 3 atom stereocenters. The zero-order valence-electron chi connectivity index (χ0n) is 22.0. The summed E-state index contributed by atoms with van der Waals surface area (Å²) in [4.78, 5) is 10.8. The minimum Gasteiger partial charge on any atom is -0.508 e. The molecule has 1 aliphatic rings. The molecule has 1 fully saturated rings. The number of carbonyl (C=O) groups is 1. The standard InChI is InChI=1S/C31H33ClO7/c1-20-16-24(13-14-26(20)32)37-19-23-17-21(12-15-28(23)36-2)31-38-18-22(8-4-3-5-11-29(34)35)30(39-31)25-9-6-7-10-27(25)33/h3-4,6-7,9-10,12-17,22,30-31,33H,5,8,11,18-19H2,1-2H3,(H,34,35)/b4-3-/t22-,30+,31+/m1/s1. The van der Waals surface area contributed by atoms with Crippen LogP contribution < -0.4 is 9.47 Å². The highest BCUT2D eigenvalue weighted by atomic mass is 35.5. The number of ether oxygens (including phenoxy) is 4. The normalized spacial score (nSPS) is 19.2. The minimum absolute atomic E-state index is 0.0650. The molecule has 8 heteroatoms. The molecule has 0 spiro atoms. The number of phenolic OH excluding ortho intramolecular Hbond substituents is 1. The molecule has 0 unspecified atom stereocenters. The van der Waals surface area contributed by atoms with Crippen molar-refractivity contribution in [3.05, 3.63) is 100 Å². The maximum atomic E-state index is 10.8. The summed E-state index contributed by atoms with van der Waals surface area (Å²) < 4.78 is 24.2. The molecule has 0 saturated carbocycles. The first-order chi connectivity index (χ1) is 18.9. The van der Waals surface area contributed by atoms with Gasteiger partial charge in [0.25, 0.3) is 0 Å². The van der Waals surface area contributed by atoms with Crippen LogP contribution in [0.5, 0.6) is 17.2 Å². The van der Waals surface area contributed by atoms with Crippen LogP contribution >= 0.6 is 11.6 Å². The lowest BCUT2D eigenvalue weighted by Gasteiger charge is -2.37. The van der Waals surface area contributed by atoms with E-state index in [2.05, 4.69) is 0 Å². The third-order valence-electron chi connectivity index (χ3n) is 6.63. The second-order valence-corrected chi connectivity index (χ2v) is 9.86. The molecule has 4 rings (SSSR count). The van der Waals surface area contributed by atoms with Gasteiger partial charge in [-0.2, -0.15) is 0 Å². The number of hydrogen-bond donors (Lipinski definition) is 2. The molecule has 3 aromatic rings. The molecule has 0 bridgehead atoms. The molecule has 0 radical (unpaired) electrons. The summed E-state index contributed by atoms with van der Waals surface area (Å²) in [5.41, 5.74) is 3.25. The summed E-state index contributed by atoms with van der Waals surface area (Å²) in [6.07, 6.45) is 3.89. The van der Waals surface area contributed by atoms with Crippen LogP contribution in [0, 0.1) is 12.8 Å². The molecule has 206 valence electrons. The summed E-state index contributed by atoms with van der Waals surface area (Å²) in [6.45, 7) is 2.60. The number of aliphatic carboxylic acids is 1. The summed E-state index contributed by atoms with van der Waals surface area (Å²) in [5.74, 6) is 0.650. The second kappa shape index (κ2) is 13.5. The lowest BCUT2D eigenvalue weighted by atomic mass is 9.91. The number of carboxylic acids is 1. The molecule has 7 nitrogen and oxygen atoms in total. The maximum Gasteiger partial charge on any atom is 0.303 e. The van der Waals surface area contributed by atoms with Crippen LogP contribution in [0.1, 0.15) is 53.9 Å². The van der Waals surface area contributed by atoms with Crippen LogP contribution in [0.25, 0.3) is 0 Å². The van der Waals surface area contributed by atoms with Crippen molar-refractivity contribution in [3.8, 4) is 17.2 Å². The number of benzene rings is 3. The molecule has 1 heterocycles. The Kier molecular flexibility index (Phi) is 9.87. The molecule has 0 amide bonds. The van der Waals surface area contributed by atoms with Gasteiger partial charge in [0.05, 0.1) is 19.8 Å². The van der Waals surface area contributed by atoms with Crippen LogP contribution in [0.2, 0.25) is 5.02 Å². The zero-order chi connectivity index (χ0) is 27.8. The van der Waals surface area contributed by atoms with E-state index in [1.165, 1.54) is 0 Å². The van der Waals surface area contributed by atoms with E-state index in [1.54, 1.807) is 25.3 Å². The third kappa shape index (κ3) is 7.53. The van der Waals surface area contributed by atoms with Gasteiger partial charge in [0.15, 0.2) is 6.29 Å². The van der Waals surface area contributed by atoms with Crippen LogP contribution in [-0.2, 0) is 20.9 Å². The van der Waals surface area contributed by atoms with Gasteiger partial charge in [-0.25, -0.2) is 0 Å². The molecule has 0 aliphatic carbocycles. The highest BCUT2D eigenvalue weighted by Crippen LogP contribution is 2.43. The van der Waals surface area contributed by atoms with Crippen molar-refractivity contribution in [2.45, 2.75) is 45.2 Å². The van der Waals surface area contributed by atoms with Crippen molar-refractivity contribution < 1.29 is 34.0 Å². The molecule has 0 aromatic heterocycles. The zero-order valence-corrected chi connectivity index (χ0v) is 22.8. The summed E-state index contributed by atoms with van der Waals surface area (Å²) in [6, 6.07) is 18.4. The fourth-order valence-electron chi connectivity index (χ4n) is 4.53. The topological polar surface area (TPSA) is 94.5 Å². The monoisotopic (exact) mass is 552 g/mol. The molecule has 1 saturated heterocycles. The number of rotatable bonds is 11. The molecule has 39 heavy (non-hydrogen) atoms. The van der Waals surface area contributed by atoms with Crippen LogP contribution in [0.3, 0.4) is 0 Å². The smallest absolute Gasteiger partial charge is 0.303 e. The van der Waals surface area contributed by atoms with Gasteiger partial charge in [0, 0.05) is 34.1 Å². The number of aryl methyl sites for hydroxylation is 1. The fraction of sp³-hybridized carbons (Fsp3) is 0.323. The van der Waals surface area contributed by atoms with Crippen molar-refractivity contribution in [1.82, 2.24) is 0 Å². The molecular weight excluding hydrogens is 520 g/mol. The second-order valence-electron chi connectivity index (χ2n) is 9.45. The number of para-hydroxylation sites is 1. The Balaban J connectivity index is 1.52. The summed E-state index contributed by atoms with van der Waals surface area (Å²) in [5, 5.41) is 20.1. The average molecular weight is 553 g/mol. The average Bonchev–Trinajstić information content (AvgIpc) is 2.93. The van der Waals surface area contributed by atoms with Gasteiger partial charge < -0.3 is 29.2 Å². The van der Waals surface area contributed by atoms with Crippen LogP contribution in [-0.4, -0.2) is 29.9 Å². The van der Waals surface area contributed by atoms with E-state index in [0.29, 0.717) is 41.5 Å². The first-order valence-electron chi connectivity index (χ1n) is 12.8. The maximum absolute atomic E-state index is 10.8. The van der Waals surface area contributed by atoms with E-state index in [1.807, 2.05) is 61.5 Å². The van der Waals surface area contributed by atoms with Gasteiger partial charge in [-0.05, 0) is 61.7 Å². The van der Waals surface area contributed by atoms with Gasteiger partial charge in [-0.3, -0.25) is 4.79 Å². The van der Waals surface area contributed by atoms with E-state index in [4.69, 9.17) is 35.7 Å². The van der Waals surface area contributed by atoms with Crippen molar-refractivity contribution >= 4 is 17.6 Å². The SMILES string of the molecule is COc1ccc([C@H]2OC[C@@H](C/C=C\CCC(=O)O)[C@@H](c3ccccc3O)O2)cc1COc1ccc(Cl)c(C)c1. The van der Waals surface area contributed by atoms with Crippen molar-refractivity contribution in [1.29, 1.82) is 0 Å². The Hall–Kier alpha value is -3.52. The number of aromatic hydroxyl groups is 1. The Morgan fingerprint density at radius 3 is 2.69 bits per heavy atom. The number of allylic oxidation sites excluding steroid dienone is 2. The molecule has 1 aliphatic heterocycles. The largest absolute Gasteiger partial charge is 0.508 e. The lowest BCUT2D eigenvalue weighted by molar-refractivity contribution is -0.244. The molecule has 2 N–H and O–H groups in total. The first-order valence-corrected chi connectivity index (χ1v) is 13.2. The van der Waals surface area contributed by atoms with E-state index in [9.17, 15) is 9.90 Å². The Labute approximate surface area is 233 Å². The predicted molar refractivity (Wildman–Crippen MR) is 148 cm³/mol. The van der Waals surface area contributed by atoms with Crippen LogP contribution in [0.4, 0.5) is 0 Å². The molecular formula is C31H33ClO7. The van der Waals surface area contributed by atoms with Gasteiger partial charge >= 0.3 is 5.97 Å². The van der Waals surface area contributed by atoms with Gasteiger partial charge in [0.2, 0.25) is 0 Å². The molecule has 3 aromatic carbocycles. The highest BCUT2D eigenvalue weighted by molar-refractivity contribution is 6.31. The minimum atomic E-state index is -0.827. The Morgan fingerprint density at radius 1 is 1.13 bits per heavy atom. The predicted octanol–water partition coefficient (Wildman–Crippen LogP) is 7.16. The Morgan fingerprint density at radius 2 is 1.95 bits per heavy atom. The van der Waals surface area contributed by atoms with E-state index < -0.39 is 18.4 Å². The Bertz CT molecular complexity index is 1310. The highest BCUT2D eigenvalue weighted by Gasteiger charge is 2.35. The van der Waals surface area contributed by atoms with Crippen molar-refractivity contribution in [2.75, 3.05) is 13.7 Å². The number of halogens is 1. The first kappa shape index (κ1) is 28.5. The number of methoxy groups -OCH3 is 1. The van der Waals surface area contributed by atoms with E-state index in [0.717, 1.165) is 16.7 Å².